The van der Waals surface area contributed by atoms with Gasteiger partial charge < -0.3 is 0 Å². The molecule has 0 heterocycles. The molecule has 0 fully saturated rings. The highest BCUT2D eigenvalue weighted by Gasteiger charge is 2.32. The summed E-state index contributed by atoms with van der Waals surface area (Å²) in [6.45, 7) is 0. The van der Waals surface area contributed by atoms with Crippen molar-refractivity contribution >= 4 is 15.9 Å². The SMILES string of the molecule is N#C[C@@H](CC(F)(F)F)c1ccc(Br)cc1. The van der Waals surface area contributed by atoms with Crippen LogP contribution in [0.3, 0.4) is 0 Å². The maximum atomic E-state index is 12.1. The zero-order chi connectivity index (χ0) is 11.5. The Balaban J connectivity index is 2.85. The zero-order valence-electron chi connectivity index (χ0n) is 7.55. The number of hydrogen-bond donors (Lipinski definition) is 0. The number of halogens is 4. The largest absolute Gasteiger partial charge is 0.390 e. The van der Waals surface area contributed by atoms with Crippen molar-refractivity contribution in [3.05, 3.63) is 34.3 Å². The summed E-state index contributed by atoms with van der Waals surface area (Å²) in [5.41, 5.74) is 0.387. The zero-order valence-corrected chi connectivity index (χ0v) is 9.14. The van der Waals surface area contributed by atoms with Gasteiger partial charge in [-0.05, 0) is 17.7 Å². The first kappa shape index (κ1) is 12.1. The molecule has 0 aromatic heterocycles. The van der Waals surface area contributed by atoms with Crippen LogP contribution in [0.4, 0.5) is 13.2 Å². The Hall–Kier alpha value is -1.02. The number of nitrogens with zero attached hydrogens (tertiary/aromatic N) is 1. The number of hydrogen-bond acceptors (Lipinski definition) is 1. The van der Waals surface area contributed by atoms with Crippen molar-refractivity contribution in [2.24, 2.45) is 0 Å². The third-order valence-corrected chi connectivity index (χ3v) is 2.39. The molecule has 0 unspecified atom stereocenters. The molecule has 0 N–H and O–H groups in total. The first-order valence-electron chi connectivity index (χ1n) is 4.14. The molecule has 1 rings (SSSR count). The second kappa shape index (κ2) is 4.67. The third kappa shape index (κ3) is 3.92. The van der Waals surface area contributed by atoms with Gasteiger partial charge >= 0.3 is 6.18 Å². The Morgan fingerprint density at radius 3 is 2.20 bits per heavy atom. The van der Waals surface area contributed by atoms with Gasteiger partial charge in [0.1, 0.15) is 0 Å². The second-order valence-corrected chi connectivity index (χ2v) is 3.97. The monoisotopic (exact) mass is 277 g/mol. The molecule has 0 radical (unpaired) electrons. The van der Waals surface area contributed by atoms with Crippen LogP contribution in [-0.2, 0) is 0 Å². The minimum absolute atomic E-state index is 0.387. The first-order valence-corrected chi connectivity index (χ1v) is 4.93. The van der Waals surface area contributed by atoms with E-state index in [9.17, 15) is 13.2 Å². The van der Waals surface area contributed by atoms with E-state index in [0.29, 0.717) is 5.56 Å². The van der Waals surface area contributed by atoms with Gasteiger partial charge in [-0.1, -0.05) is 28.1 Å². The van der Waals surface area contributed by atoms with E-state index in [1.807, 2.05) is 0 Å². The quantitative estimate of drug-likeness (QED) is 0.801. The fraction of sp³-hybridized carbons (Fsp3) is 0.300. The normalized spacial score (nSPS) is 13.3. The molecule has 1 nitrogen and oxygen atoms in total. The maximum absolute atomic E-state index is 12.1. The predicted molar refractivity (Wildman–Crippen MR) is 53.2 cm³/mol. The minimum Gasteiger partial charge on any atom is -0.198 e. The summed E-state index contributed by atoms with van der Waals surface area (Å²) in [4.78, 5) is 0. The summed E-state index contributed by atoms with van der Waals surface area (Å²) in [5.74, 6) is -1.13. The molecule has 5 heteroatoms. The molecule has 1 atom stereocenters. The van der Waals surface area contributed by atoms with Gasteiger partial charge in [-0.25, -0.2) is 0 Å². The number of rotatable bonds is 2. The van der Waals surface area contributed by atoms with Gasteiger partial charge in [0.25, 0.3) is 0 Å². The van der Waals surface area contributed by atoms with Crippen LogP contribution >= 0.6 is 15.9 Å². The van der Waals surface area contributed by atoms with Gasteiger partial charge in [-0.15, -0.1) is 0 Å². The van der Waals surface area contributed by atoms with E-state index in [-0.39, 0.29) is 0 Å². The van der Waals surface area contributed by atoms with Crippen molar-refractivity contribution in [1.29, 1.82) is 5.26 Å². The lowest BCUT2D eigenvalue weighted by atomic mass is 9.97. The van der Waals surface area contributed by atoms with Gasteiger partial charge in [-0.2, -0.15) is 18.4 Å². The highest BCUT2D eigenvalue weighted by molar-refractivity contribution is 9.10. The van der Waals surface area contributed by atoms with Gasteiger partial charge in [-0.3, -0.25) is 0 Å². The summed E-state index contributed by atoms with van der Waals surface area (Å²) in [7, 11) is 0. The number of nitriles is 1. The van der Waals surface area contributed by atoms with Crippen LogP contribution in [0.1, 0.15) is 17.9 Å². The average Bonchev–Trinajstić information content (AvgIpc) is 2.14. The van der Waals surface area contributed by atoms with E-state index in [1.54, 1.807) is 18.2 Å². The molecule has 0 amide bonds. The summed E-state index contributed by atoms with van der Waals surface area (Å²) in [5, 5.41) is 8.65. The smallest absolute Gasteiger partial charge is 0.198 e. The van der Waals surface area contributed by atoms with Gasteiger partial charge in [0.15, 0.2) is 0 Å². The average molecular weight is 278 g/mol. The van der Waals surface area contributed by atoms with Crippen LogP contribution < -0.4 is 0 Å². The highest BCUT2D eigenvalue weighted by atomic mass is 79.9. The lowest BCUT2D eigenvalue weighted by molar-refractivity contribution is -0.136. The van der Waals surface area contributed by atoms with E-state index in [4.69, 9.17) is 5.26 Å². The Labute approximate surface area is 93.6 Å². The van der Waals surface area contributed by atoms with Crippen LogP contribution in [0.2, 0.25) is 0 Å². The Morgan fingerprint density at radius 1 is 1.27 bits per heavy atom. The summed E-state index contributed by atoms with van der Waals surface area (Å²) < 4.78 is 37.1. The van der Waals surface area contributed by atoms with Gasteiger partial charge in [0.05, 0.1) is 18.4 Å². The fourth-order valence-electron chi connectivity index (χ4n) is 1.16. The Kier molecular flexibility index (Phi) is 3.75. The lowest BCUT2D eigenvalue weighted by Crippen LogP contribution is -2.12. The summed E-state index contributed by atoms with van der Waals surface area (Å²) >= 11 is 3.17. The minimum atomic E-state index is -4.31. The fourth-order valence-corrected chi connectivity index (χ4v) is 1.43. The Morgan fingerprint density at radius 2 is 1.80 bits per heavy atom. The van der Waals surface area contributed by atoms with Crippen molar-refractivity contribution in [3.63, 3.8) is 0 Å². The molecule has 1 aromatic carbocycles. The number of benzene rings is 1. The van der Waals surface area contributed by atoms with Crippen LogP contribution in [0, 0.1) is 11.3 Å². The van der Waals surface area contributed by atoms with E-state index in [2.05, 4.69) is 15.9 Å². The molecule has 15 heavy (non-hydrogen) atoms. The van der Waals surface area contributed by atoms with Crippen molar-refractivity contribution in [2.45, 2.75) is 18.5 Å². The van der Waals surface area contributed by atoms with Crippen LogP contribution in [0.5, 0.6) is 0 Å². The van der Waals surface area contributed by atoms with E-state index < -0.39 is 18.5 Å². The van der Waals surface area contributed by atoms with Crippen molar-refractivity contribution in [1.82, 2.24) is 0 Å². The van der Waals surface area contributed by atoms with Gasteiger partial charge in [0.2, 0.25) is 0 Å². The molecule has 0 aliphatic heterocycles. The second-order valence-electron chi connectivity index (χ2n) is 3.05. The van der Waals surface area contributed by atoms with Crippen LogP contribution in [0.25, 0.3) is 0 Å². The third-order valence-electron chi connectivity index (χ3n) is 1.86. The van der Waals surface area contributed by atoms with Crippen molar-refractivity contribution in [3.8, 4) is 6.07 Å². The molecular formula is C10H7BrF3N. The molecule has 1 aromatic rings. The van der Waals surface area contributed by atoms with Crippen LogP contribution in [0.15, 0.2) is 28.7 Å². The molecule has 0 saturated carbocycles. The predicted octanol–water partition coefficient (Wildman–Crippen LogP) is 4.01. The molecule has 0 saturated heterocycles. The van der Waals surface area contributed by atoms with Crippen LogP contribution in [-0.4, -0.2) is 6.18 Å². The molecule has 0 spiro atoms. The standard InChI is InChI=1S/C10H7BrF3N/c11-9-3-1-7(2-4-9)8(6-15)5-10(12,13)14/h1-4,8H,5H2/t8-/m1/s1. The molecular weight excluding hydrogens is 271 g/mol. The summed E-state index contributed by atoms with van der Waals surface area (Å²) in [6, 6.07) is 7.94. The van der Waals surface area contributed by atoms with E-state index >= 15 is 0 Å². The molecule has 0 aliphatic rings. The molecule has 80 valence electrons. The highest BCUT2D eigenvalue weighted by Crippen LogP contribution is 2.31. The van der Waals surface area contributed by atoms with E-state index in [1.165, 1.54) is 12.1 Å². The van der Waals surface area contributed by atoms with Crippen molar-refractivity contribution in [2.75, 3.05) is 0 Å². The van der Waals surface area contributed by atoms with Crippen molar-refractivity contribution < 1.29 is 13.2 Å². The Bertz CT molecular complexity index is 364. The summed E-state index contributed by atoms with van der Waals surface area (Å²) in [6.07, 6.45) is -5.42. The topological polar surface area (TPSA) is 23.8 Å². The molecule has 0 aliphatic carbocycles. The first-order chi connectivity index (χ1) is 6.92. The molecule has 0 bridgehead atoms. The number of alkyl halides is 3. The lowest BCUT2D eigenvalue weighted by Gasteiger charge is -2.11. The van der Waals surface area contributed by atoms with Gasteiger partial charge in [0, 0.05) is 4.47 Å². The van der Waals surface area contributed by atoms with E-state index in [0.717, 1.165) is 4.47 Å². The maximum Gasteiger partial charge on any atom is 0.390 e.